The Bertz CT molecular complexity index is 1320. The second-order valence-electron chi connectivity index (χ2n) is 8.30. The summed E-state index contributed by atoms with van der Waals surface area (Å²) in [4.78, 5) is 13.6. The van der Waals surface area contributed by atoms with Crippen molar-refractivity contribution in [3.63, 3.8) is 0 Å². The molecule has 0 spiro atoms. The van der Waals surface area contributed by atoms with Crippen molar-refractivity contribution >= 4 is 5.82 Å². The Hall–Kier alpha value is -3.95. The van der Waals surface area contributed by atoms with Gasteiger partial charge >= 0.3 is 6.18 Å². The first-order valence-corrected chi connectivity index (χ1v) is 11.0. The minimum Gasteiger partial charge on any atom is -0.491 e. The van der Waals surface area contributed by atoms with Gasteiger partial charge in [-0.05, 0) is 48.7 Å². The maximum Gasteiger partial charge on any atom is 0.435 e. The number of rotatable bonds is 7. The van der Waals surface area contributed by atoms with Gasteiger partial charge in [-0.1, -0.05) is 26.0 Å². The number of pyridine rings is 1. The molecular formula is C25H25F3N6O. The smallest absolute Gasteiger partial charge is 0.435 e. The lowest BCUT2D eigenvalue weighted by Crippen LogP contribution is -2.08. The fraction of sp³-hybridized carbons (Fsp3) is 0.280. The highest BCUT2D eigenvalue weighted by atomic mass is 19.4. The van der Waals surface area contributed by atoms with Crippen LogP contribution in [0.15, 0.2) is 54.9 Å². The van der Waals surface area contributed by atoms with Gasteiger partial charge in [0.1, 0.15) is 0 Å². The number of aromatic nitrogens is 5. The molecule has 35 heavy (non-hydrogen) atoms. The number of halogens is 3. The number of anilines is 1. The third-order valence-electron chi connectivity index (χ3n) is 5.42. The molecule has 0 amide bonds. The molecule has 1 N–H and O–H groups in total. The van der Waals surface area contributed by atoms with E-state index in [0.29, 0.717) is 35.3 Å². The SMILES string of the molecule is COc1cnc(-c2cccnc2C(C)C)nc1NCc1ccc(-n2nc(C(F)(F)F)cc2C)cc1. The van der Waals surface area contributed by atoms with Crippen LogP contribution in [0.2, 0.25) is 0 Å². The van der Waals surface area contributed by atoms with Gasteiger partial charge < -0.3 is 10.1 Å². The molecule has 0 radical (unpaired) electrons. The molecule has 182 valence electrons. The van der Waals surface area contributed by atoms with Gasteiger partial charge in [0.2, 0.25) is 0 Å². The largest absolute Gasteiger partial charge is 0.491 e. The molecule has 4 rings (SSSR count). The normalized spacial score (nSPS) is 11.7. The third-order valence-corrected chi connectivity index (χ3v) is 5.42. The van der Waals surface area contributed by atoms with E-state index in [1.807, 2.05) is 24.3 Å². The number of alkyl halides is 3. The van der Waals surface area contributed by atoms with Crippen LogP contribution in [0.25, 0.3) is 17.1 Å². The Morgan fingerprint density at radius 2 is 1.83 bits per heavy atom. The summed E-state index contributed by atoms with van der Waals surface area (Å²) in [6.07, 6.45) is -1.12. The van der Waals surface area contributed by atoms with Crippen molar-refractivity contribution in [1.29, 1.82) is 0 Å². The topological polar surface area (TPSA) is 77.8 Å². The monoisotopic (exact) mass is 482 g/mol. The molecule has 0 bridgehead atoms. The molecule has 4 aromatic rings. The van der Waals surface area contributed by atoms with E-state index >= 15 is 0 Å². The maximum absolute atomic E-state index is 13.0. The van der Waals surface area contributed by atoms with Gasteiger partial charge in [-0.2, -0.15) is 18.3 Å². The number of ether oxygens (including phenoxy) is 1. The summed E-state index contributed by atoms with van der Waals surface area (Å²) in [5.74, 6) is 1.76. The molecule has 0 unspecified atom stereocenters. The van der Waals surface area contributed by atoms with E-state index in [9.17, 15) is 13.2 Å². The zero-order valence-electron chi connectivity index (χ0n) is 19.8. The zero-order valence-corrected chi connectivity index (χ0v) is 19.8. The number of methoxy groups -OCH3 is 1. The van der Waals surface area contributed by atoms with Crippen molar-refractivity contribution in [2.75, 3.05) is 12.4 Å². The van der Waals surface area contributed by atoms with Crippen LogP contribution in [0.1, 0.15) is 42.4 Å². The van der Waals surface area contributed by atoms with Crippen molar-refractivity contribution in [3.8, 4) is 22.8 Å². The first-order valence-electron chi connectivity index (χ1n) is 11.0. The molecule has 10 heteroatoms. The van der Waals surface area contributed by atoms with Gasteiger partial charge in [0.05, 0.1) is 24.7 Å². The number of hydrogen-bond donors (Lipinski definition) is 1. The van der Waals surface area contributed by atoms with E-state index in [-0.39, 0.29) is 5.92 Å². The minimum atomic E-state index is -4.49. The molecule has 0 aliphatic heterocycles. The lowest BCUT2D eigenvalue weighted by atomic mass is 10.0. The molecule has 7 nitrogen and oxygen atoms in total. The molecule has 0 saturated carbocycles. The summed E-state index contributed by atoms with van der Waals surface area (Å²) in [6.45, 7) is 6.13. The summed E-state index contributed by atoms with van der Waals surface area (Å²) in [5, 5.41) is 6.96. The van der Waals surface area contributed by atoms with E-state index in [4.69, 9.17) is 4.74 Å². The lowest BCUT2D eigenvalue weighted by Gasteiger charge is -2.14. The first kappa shape index (κ1) is 24.2. The fourth-order valence-electron chi connectivity index (χ4n) is 3.66. The zero-order chi connectivity index (χ0) is 25.2. The number of aryl methyl sites for hydroxylation is 1. The Labute approximate surface area is 201 Å². The Morgan fingerprint density at radius 3 is 2.46 bits per heavy atom. The number of nitrogens with zero attached hydrogens (tertiary/aromatic N) is 5. The summed E-state index contributed by atoms with van der Waals surface area (Å²) in [6, 6.07) is 11.9. The van der Waals surface area contributed by atoms with Gasteiger partial charge in [0, 0.05) is 24.0 Å². The maximum atomic E-state index is 13.0. The lowest BCUT2D eigenvalue weighted by molar-refractivity contribution is -0.141. The first-order chi connectivity index (χ1) is 16.7. The highest BCUT2D eigenvalue weighted by Gasteiger charge is 2.34. The highest BCUT2D eigenvalue weighted by molar-refractivity contribution is 5.63. The van der Waals surface area contributed by atoms with E-state index in [0.717, 1.165) is 22.9 Å². The molecule has 3 aromatic heterocycles. The van der Waals surface area contributed by atoms with Gasteiger partial charge in [-0.3, -0.25) is 4.98 Å². The van der Waals surface area contributed by atoms with E-state index in [1.165, 1.54) is 4.68 Å². The van der Waals surface area contributed by atoms with Crippen molar-refractivity contribution in [1.82, 2.24) is 24.7 Å². The predicted molar refractivity (Wildman–Crippen MR) is 127 cm³/mol. The Balaban J connectivity index is 1.54. The molecule has 0 fully saturated rings. The summed E-state index contributed by atoms with van der Waals surface area (Å²) < 4.78 is 45.6. The van der Waals surface area contributed by atoms with Crippen molar-refractivity contribution in [2.24, 2.45) is 0 Å². The van der Waals surface area contributed by atoms with Gasteiger partial charge in [-0.15, -0.1) is 0 Å². The van der Waals surface area contributed by atoms with Crippen molar-refractivity contribution in [2.45, 2.75) is 39.4 Å². The molecular weight excluding hydrogens is 457 g/mol. The average Bonchev–Trinajstić information content (AvgIpc) is 3.25. The predicted octanol–water partition coefficient (Wildman–Crippen LogP) is 5.80. The summed E-state index contributed by atoms with van der Waals surface area (Å²) >= 11 is 0. The van der Waals surface area contributed by atoms with Gasteiger partial charge in [0.25, 0.3) is 0 Å². The molecule has 1 aromatic carbocycles. The molecule has 0 aliphatic carbocycles. The van der Waals surface area contributed by atoms with Crippen LogP contribution in [0.4, 0.5) is 19.0 Å². The number of hydrogen-bond acceptors (Lipinski definition) is 6. The van der Waals surface area contributed by atoms with Crippen LogP contribution < -0.4 is 10.1 Å². The average molecular weight is 483 g/mol. The van der Waals surface area contributed by atoms with E-state index < -0.39 is 11.9 Å². The van der Waals surface area contributed by atoms with Crippen molar-refractivity contribution in [3.05, 3.63) is 77.5 Å². The third kappa shape index (κ3) is 5.26. The van der Waals surface area contributed by atoms with Gasteiger partial charge in [-0.25, -0.2) is 14.6 Å². The van der Waals surface area contributed by atoms with Crippen LogP contribution in [0.3, 0.4) is 0 Å². The molecule has 0 saturated heterocycles. The standard InChI is InChI=1S/C25H25F3N6O/c1-15(2)22-19(6-5-11-29-22)23-31-14-20(35-4)24(32-23)30-13-17-7-9-18(10-8-17)34-16(3)12-21(33-34)25(26,27)28/h5-12,14-15H,13H2,1-4H3,(H,30,31,32). The minimum absolute atomic E-state index is 0.206. The second-order valence-corrected chi connectivity index (χ2v) is 8.30. The highest BCUT2D eigenvalue weighted by Crippen LogP contribution is 2.30. The molecule has 0 atom stereocenters. The number of benzene rings is 1. The van der Waals surface area contributed by atoms with Crippen molar-refractivity contribution < 1.29 is 17.9 Å². The summed E-state index contributed by atoms with van der Waals surface area (Å²) in [5.41, 5.74) is 2.69. The second kappa shape index (κ2) is 9.73. The molecule has 3 heterocycles. The Morgan fingerprint density at radius 1 is 1.09 bits per heavy atom. The quantitative estimate of drug-likeness (QED) is 0.359. The van der Waals surface area contributed by atoms with Crippen LogP contribution in [-0.2, 0) is 12.7 Å². The van der Waals surface area contributed by atoms with Crippen LogP contribution in [0, 0.1) is 6.92 Å². The number of nitrogens with one attached hydrogen (secondary N) is 1. The van der Waals surface area contributed by atoms with Crippen LogP contribution in [-0.4, -0.2) is 31.8 Å². The van der Waals surface area contributed by atoms with E-state index in [2.05, 4.69) is 39.2 Å². The summed E-state index contributed by atoms with van der Waals surface area (Å²) in [7, 11) is 1.55. The van der Waals surface area contributed by atoms with Gasteiger partial charge in [0.15, 0.2) is 23.1 Å². The van der Waals surface area contributed by atoms with Crippen LogP contribution >= 0.6 is 0 Å². The van der Waals surface area contributed by atoms with E-state index in [1.54, 1.807) is 38.6 Å². The molecule has 0 aliphatic rings. The van der Waals surface area contributed by atoms with Crippen LogP contribution in [0.5, 0.6) is 5.75 Å². The Kier molecular flexibility index (Phi) is 6.72. The fourth-order valence-corrected chi connectivity index (χ4v) is 3.66.